The Labute approximate surface area is 94.3 Å². The zero-order chi connectivity index (χ0) is 11.3. The fourth-order valence-corrected chi connectivity index (χ4v) is 1.93. The molecule has 84 valence electrons. The Kier molecular flexibility index (Phi) is 4.78. The molecule has 1 amide bonds. The van der Waals surface area contributed by atoms with E-state index in [1.165, 1.54) is 0 Å². The third-order valence-electron chi connectivity index (χ3n) is 2.20. The molecule has 0 aliphatic heterocycles. The van der Waals surface area contributed by atoms with Gasteiger partial charge < -0.3 is 10.0 Å². The molecule has 0 aliphatic rings. The van der Waals surface area contributed by atoms with Gasteiger partial charge in [-0.05, 0) is 35.7 Å². The van der Waals surface area contributed by atoms with E-state index in [0.717, 1.165) is 5.56 Å². The van der Waals surface area contributed by atoms with Gasteiger partial charge in [0.25, 0.3) is 0 Å². The van der Waals surface area contributed by atoms with Crippen molar-refractivity contribution in [3.8, 4) is 0 Å². The second-order valence-corrected chi connectivity index (χ2v) is 4.55. The standard InChI is InChI=1S/C11H17NO2S/c1-9(13)3-4-11(14)12(2)7-10-5-6-15-8-10/h5-6,8-9,13H,3-4,7H2,1-2H3. The Morgan fingerprint density at radius 1 is 1.67 bits per heavy atom. The van der Waals surface area contributed by atoms with E-state index >= 15 is 0 Å². The van der Waals surface area contributed by atoms with Crippen molar-refractivity contribution in [3.63, 3.8) is 0 Å². The highest BCUT2D eigenvalue weighted by Crippen LogP contribution is 2.09. The summed E-state index contributed by atoms with van der Waals surface area (Å²) in [4.78, 5) is 13.3. The summed E-state index contributed by atoms with van der Waals surface area (Å²) in [6, 6.07) is 2.02. The number of rotatable bonds is 5. The minimum atomic E-state index is -0.400. The van der Waals surface area contributed by atoms with E-state index in [2.05, 4.69) is 0 Å². The van der Waals surface area contributed by atoms with Gasteiger partial charge in [-0.15, -0.1) is 0 Å². The van der Waals surface area contributed by atoms with Crippen molar-refractivity contribution >= 4 is 17.2 Å². The summed E-state index contributed by atoms with van der Waals surface area (Å²) in [5, 5.41) is 13.1. The maximum absolute atomic E-state index is 11.6. The smallest absolute Gasteiger partial charge is 0.222 e. The Hall–Kier alpha value is -0.870. The predicted molar refractivity (Wildman–Crippen MR) is 61.7 cm³/mol. The number of amides is 1. The molecule has 0 radical (unpaired) electrons. The first-order valence-corrected chi connectivity index (χ1v) is 5.97. The lowest BCUT2D eigenvalue weighted by molar-refractivity contribution is -0.131. The van der Waals surface area contributed by atoms with E-state index in [1.807, 2.05) is 16.8 Å². The van der Waals surface area contributed by atoms with Crippen molar-refractivity contribution < 1.29 is 9.90 Å². The molecule has 1 aromatic rings. The lowest BCUT2D eigenvalue weighted by Gasteiger charge is -2.16. The fraction of sp³-hybridized carbons (Fsp3) is 0.545. The van der Waals surface area contributed by atoms with Gasteiger partial charge in [0.05, 0.1) is 6.10 Å². The number of aliphatic hydroxyl groups is 1. The lowest BCUT2D eigenvalue weighted by atomic mass is 10.2. The van der Waals surface area contributed by atoms with Crippen LogP contribution in [0.1, 0.15) is 25.3 Å². The van der Waals surface area contributed by atoms with Gasteiger partial charge in [-0.1, -0.05) is 0 Å². The molecule has 15 heavy (non-hydrogen) atoms. The van der Waals surface area contributed by atoms with Crippen LogP contribution in [-0.2, 0) is 11.3 Å². The van der Waals surface area contributed by atoms with Crippen LogP contribution in [0.15, 0.2) is 16.8 Å². The zero-order valence-corrected chi connectivity index (χ0v) is 9.96. The Balaban J connectivity index is 2.33. The molecule has 0 aromatic carbocycles. The van der Waals surface area contributed by atoms with Gasteiger partial charge in [-0.2, -0.15) is 11.3 Å². The first kappa shape index (κ1) is 12.2. The number of thiophene rings is 1. The van der Waals surface area contributed by atoms with E-state index in [0.29, 0.717) is 19.4 Å². The highest BCUT2D eigenvalue weighted by atomic mass is 32.1. The number of hydrogen-bond donors (Lipinski definition) is 1. The highest BCUT2D eigenvalue weighted by molar-refractivity contribution is 7.07. The molecule has 3 nitrogen and oxygen atoms in total. The van der Waals surface area contributed by atoms with Crippen molar-refractivity contribution in [2.24, 2.45) is 0 Å². The van der Waals surface area contributed by atoms with Crippen molar-refractivity contribution in [3.05, 3.63) is 22.4 Å². The maximum Gasteiger partial charge on any atom is 0.222 e. The van der Waals surface area contributed by atoms with Crippen molar-refractivity contribution in [1.29, 1.82) is 0 Å². The second kappa shape index (κ2) is 5.88. The average Bonchev–Trinajstić information content (AvgIpc) is 2.66. The van der Waals surface area contributed by atoms with Crippen LogP contribution >= 0.6 is 11.3 Å². The van der Waals surface area contributed by atoms with Crippen molar-refractivity contribution in [2.75, 3.05) is 7.05 Å². The van der Waals surface area contributed by atoms with Crippen molar-refractivity contribution in [1.82, 2.24) is 4.90 Å². The molecule has 0 saturated heterocycles. The minimum Gasteiger partial charge on any atom is -0.393 e. The van der Waals surface area contributed by atoms with E-state index in [4.69, 9.17) is 5.11 Å². The fourth-order valence-electron chi connectivity index (χ4n) is 1.27. The van der Waals surface area contributed by atoms with Crippen LogP contribution < -0.4 is 0 Å². The van der Waals surface area contributed by atoms with Crippen LogP contribution in [0.4, 0.5) is 0 Å². The molecule has 1 rings (SSSR count). The number of hydrogen-bond acceptors (Lipinski definition) is 3. The average molecular weight is 227 g/mol. The quantitative estimate of drug-likeness (QED) is 0.834. The summed E-state index contributed by atoms with van der Waals surface area (Å²) >= 11 is 1.63. The van der Waals surface area contributed by atoms with Crippen LogP contribution in [0.2, 0.25) is 0 Å². The second-order valence-electron chi connectivity index (χ2n) is 3.77. The summed E-state index contributed by atoms with van der Waals surface area (Å²) in [6.45, 7) is 2.36. The summed E-state index contributed by atoms with van der Waals surface area (Å²) < 4.78 is 0. The molecule has 0 bridgehead atoms. The first-order valence-electron chi connectivity index (χ1n) is 5.02. The molecule has 0 fully saturated rings. The molecule has 1 aromatic heterocycles. The highest BCUT2D eigenvalue weighted by Gasteiger charge is 2.10. The molecule has 1 atom stereocenters. The molecule has 1 unspecified atom stereocenters. The molecule has 0 spiro atoms. The van der Waals surface area contributed by atoms with Gasteiger partial charge in [0.2, 0.25) is 5.91 Å². The Morgan fingerprint density at radius 3 is 2.93 bits per heavy atom. The topological polar surface area (TPSA) is 40.5 Å². The molecule has 4 heteroatoms. The van der Waals surface area contributed by atoms with Gasteiger partial charge in [0.1, 0.15) is 0 Å². The van der Waals surface area contributed by atoms with Gasteiger partial charge in [0.15, 0.2) is 0 Å². The number of aliphatic hydroxyl groups excluding tert-OH is 1. The SMILES string of the molecule is CC(O)CCC(=O)N(C)Cc1ccsc1. The number of carbonyl (C=O) groups excluding carboxylic acids is 1. The van der Waals surface area contributed by atoms with E-state index in [1.54, 1.807) is 30.2 Å². The molecule has 0 aliphatic carbocycles. The van der Waals surface area contributed by atoms with Crippen LogP contribution in [-0.4, -0.2) is 29.1 Å². The van der Waals surface area contributed by atoms with E-state index < -0.39 is 6.10 Å². The Bertz CT molecular complexity index is 296. The van der Waals surface area contributed by atoms with Crippen LogP contribution in [0.5, 0.6) is 0 Å². The van der Waals surface area contributed by atoms with Gasteiger partial charge in [-0.25, -0.2) is 0 Å². The third-order valence-corrected chi connectivity index (χ3v) is 2.93. The molecule has 0 saturated carbocycles. The third kappa shape index (κ3) is 4.44. The summed E-state index contributed by atoms with van der Waals surface area (Å²) in [7, 11) is 1.79. The number of carbonyl (C=O) groups is 1. The summed E-state index contributed by atoms with van der Waals surface area (Å²) in [6.07, 6.45) is 0.550. The van der Waals surface area contributed by atoms with Crippen LogP contribution in [0.25, 0.3) is 0 Å². The maximum atomic E-state index is 11.6. The zero-order valence-electron chi connectivity index (χ0n) is 9.14. The summed E-state index contributed by atoms with van der Waals surface area (Å²) in [5.41, 5.74) is 1.16. The molecule has 1 heterocycles. The first-order chi connectivity index (χ1) is 7.09. The van der Waals surface area contributed by atoms with Crippen LogP contribution in [0.3, 0.4) is 0 Å². The summed E-state index contributed by atoms with van der Waals surface area (Å²) in [5.74, 6) is 0.0853. The Morgan fingerprint density at radius 2 is 2.40 bits per heavy atom. The van der Waals surface area contributed by atoms with Gasteiger partial charge in [0, 0.05) is 20.0 Å². The molecular weight excluding hydrogens is 210 g/mol. The lowest BCUT2D eigenvalue weighted by Crippen LogP contribution is -2.26. The van der Waals surface area contributed by atoms with Crippen LogP contribution in [0, 0.1) is 0 Å². The van der Waals surface area contributed by atoms with Gasteiger partial charge in [-0.3, -0.25) is 4.79 Å². The number of nitrogens with zero attached hydrogens (tertiary/aromatic N) is 1. The van der Waals surface area contributed by atoms with E-state index in [-0.39, 0.29) is 5.91 Å². The van der Waals surface area contributed by atoms with Gasteiger partial charge >= 0.3 is 0 Å². The monoisotopic (exact) mass is 227 g/mol. The van der Waals surface area contributed by atoms with Crippen molar-refractivity contribution in [2.45, 2.75) is 32.4 Å². The predicted octanol–water partition coefficient (Wildman–Crippen LogP) is 1.87. The normalized spacial score (nSPS) is 12.5. The van der Waals surface area contributed by atoms with E-state index in [9.17, 15) is 4.79 Å². The minimum absolute atomic E-state index is 0.0853. The molecular formula is C11H17NO2S. The largest absolute Gasteiger partial charge is 0.393 e. The molecule has 1 N–H and O–H groups in total.